The van der Waals surface area contributed by atoms with Crippen molar-refractivity contribution in [1.82, 2.24) is 0 Å². The molecule has 0 aromatic carbocycles. The van der Waals surface area contributed by atoms with Gasteiger partial charge in [-0.2, -0.15) is 0 Å². The summed E-state index contributed by atoms with van der Waals surface area (Å²) in [6.45, 7) is 12.8. The van der Waals surface area contributed by atoms with E-state index in [-0.39, 0.29) is 0 Å². The first-order valence-corrected chi connectivity index (χ1v) is 12.2. The van der Waals surface area contributed by atoms with Gasteiger partial charge in [0.2, 0.25) is 0 Å². The third kappa shape index (κ3) is 5.29. The van der Waals surface area contributed by atoms with Crippen LogP contribution in [-0.4, -0.2) is 33.1 Å². The molecule has 3 N–H and O–H groups in total. The Morgan fingerprint density at radius 1 is 1.23 bits per heavy atom. The highest BCUT2D eigenvalue weighted by molar-refractivity contribution is 5.38. The van der Waals surface area contributed by atoms with Gasteiger partial charge in [-0.1, -0.05) is 51.0 Å². The van der Waals surface area contributed by atoms with Crippen LogP contribution in [-0.2, 0) is 0 Å². The summed E-state index contributed by atoms with van der Waals surface area (Å²) in [6.07, 6.45) is 13.9. The third-order valence-electron chi connectivity index (χ3n) is 8.44. The molecule has 0 aliphatic heterocycles. The molecule has 0 radical (unpaired) electrons. The van der Waals surface area contributed by atoms with Gasteiger partial charge in [0.15, 0.2) is 0 Å². The first-order valence-electron chi connectivity index (χ1n) is 12.2. The van der Waals surface area contributed by atoms with Crippen molar-refractivity contribution in [1.29, 1.82) is 0 Å². The highest BCUT2D eigenvalue weighted by Gasteiger charge is 2.50. The zero-order valence-electron chi connectivity index (χ0n) is 19.7. The molecule has 3 aliphatic rings. The molecule has 0 amide bonds. The van der Waals surface area contributed by atoms with Crippen molar-refractivity contribution in [2.45, 2.75) is 110 Å². The van der Waals surface area contributed by atoms with Crippen LogP contribution in [0.1, 0.15) is 91.9 Å². The summed E-state index contributed by atoms with van der Waals surface area (Å²) in [7, 11) is 0. The molecule has 3 nitrogen and oxygen atoms in total. The molecule has 6 atom stereocenters. The smallest absolute Gasteiger partial charge is 0.0811 e. The van der Waals surface area contributed by atoms with E-state index in [0.717, 1.165) is 29.9 Å². The largest absolute Gasteiger partial charge is 0.393 e. The molecule has 0 saturated heterocycles. The second-order valence-corrected chi connectivity index (χ2v) is 11.3. The van der Waals surface area contributed by atoms with Crippen molar-refractivity contribution in [3.05, 3.63) is 35.5 Å². The van der Waals surface area contributed by atoms with Crippen molar-refractivity contribution < 1.29 is 15.3 Å². The maximum Gasteiger partial charge on any atom is 0.0811 e. The molecule has 3 fully saturated rings. The Morgan fingerprint density at radius 3 is 2.67 bits per heavy atom. The number of aliphatic hydroxyl groups excluding tert-OH is 2. The highest BCUT2D eigenvalue weighted by atomic mass is 16.3. The van der Waals surface area contributed by atoms with E-state index in [1.807, 2.05) is 13.8 Å². The fourth-order valence-corrected chi connectivity index (χ4v) is 6.74. The summed E-state index contributed by atoms with van der Waals surface area (Å²) in [5.41, 5.74) is 3.17. The molecule has 0 spiro atoms. The Kier molecular flexibility index (Phi) is 7.37. The minimum atomic E-state index is -0.615. The topological polar surface area (TPSA) is 60.7 Å². The SMILES string of the molecule is C=C1/C(=C\C=C2/CCCC3(C)C2CCC3[C@H](C)CCCC(C)(C)O)C[C@@H](O)CC1O. The standard InChI is InChI=1S/C27H44O3/c1-18(8-6-14-26(3,4)30)23-12-13-24-20(9-7-15-27(23,24)5)10-11-21-16-22(28)17-25(29)19(21)2/h10-11,18,22-25,28-30H,2,6-9,12-17H2,1,3-5H3/b20-10+,21-11-/t18-,22-,23?,24?,25?,27?/m1/s1. The van der Waals surface area contributed by atoms with Gasteiger partial charge in [0.05, 0.1) is 17.8 Å². The second kappa shape index (κ2) is 9.30. The summed E-state index contributed by atoms with van der Waals surface area (Å²) >= 11 is 0. The van der Waals surface area contributed by atoms with Crippen molar-refractivity contribution in [3.8, 4) is 0 Å². The normalized spacial score (nSPS) is 38.8. The monoisotopic (exact) mass is 416 g/mol. The average molecular weight is 417 g/mol. The van der Waals surface area contributed by atoms with Crippen LogP contribution >= 0.6 is 0 Å². The van der Waals surface area contributed by atoms with Crippen LogP contribution in [0.15, 0.2) is 35.5 Å². The fourth-order valence-electron chi connectivity index (χ4n) is 6.74. The van der Waals surface area contributed by atoms with Gasteiger partial charge in [0, 0.05) is 6.42 Å². The van der Waals surface area contributed by atoms with Gasteiger partial charge < -0.3 is 15.3 Å². The zero-order valence-corrected chi connectivity index (χ0v) is 19.7. The highest BCUT2D eigenvalue weighted by Crippen LogP contribution is 2.60. The molecular weight excluding hydrogens is 372 g/mol. The number of hydrogen-bond acceptors (Lipinski definition) is 3. The van der Waals surface area contributed by atoms with Crippen LogP contribution in [0.2, 0.25) is 0 Å². The second-order valence-electron chi connectivity index (χ2n) is 11.3. The van der Waals surface area contributed by atoms with Crippen molar-refractivity contribution in [3.63, 3.8) is 0 Å². The summed E-state index contributed by atoms with van der Waals surface area (Å²) in [6, 6.07) is 0. The first-order chi connectivity index (χ1) is 14.0. The lowest BCUT2D eigenvalue weighted by molar-refractivity contribution is 0.0596. The predicted molar refractivity (Wildman–Crippen MR) is 124 cm³/mol. The van der Waals surface area contributed by atoms with E-state index in [2.05, 4.69) is 32.6 Å². The molecule has 3 saturated carbocycles. The summed E-state index contributed by atoms with van der Waals surface area (Å²) in [5, 5.41) is 30.2. The van der Waals surface area contributed by atoms with E-state index < -0.39 is 17.8 Å². The Hall–Kier alpha value is -0.900. The van der Waals surface area contributed by atoms with Gasteiger partial charge in [-0.15, -0.1) is 0 Å². The van der Waals surface area contributed by atoms with Gasteiger partial charge in [0.1, 0.15) is 0 Å². The van der Waals surface area contributed by atoms with Gasteiger partial charge in [-0.3, -0.25) is 0 Å². The summed E-state index contributed by atoms with van der Waals surface area (Å²) in [4.78, 5) is 0. The van der Waals surface area contributed by atoms with Crippen molar-refractivity contribution in [2.75, 3.05) is 0 Å². The Balaban J connectivity index is 1.70. The number of allylic oxidation sites excluding steroid dienone is 3. The van der Waals surface area contributed by atoms with Crippen LogP contribution in [0.25, 0.3) is 0 Å². The Morgan fingerprint density at radius 2 is 1.97 bits per heavy atom. The molecule has 3 rings (SSSR count). The van der Waals surface area contributed by atoms with Gasteiger partial charge in [0.25, 0.3) is 0 Å². The van der Waals surface area contributed by atoms with E-state index in [9.17, 15) is 15.3 Å². The minimum Gasteiger partial charge on any atom is -0.393 e. The molecule has 0 heterocycles. The number of rotatable bonds is 6. The van der Waals surface area contributed by atoms with Crippen LogP contribution in [0.3, 0.4) is 0 Å². The zero-order chi connectivity index (χ0) is 22.1. The summed E-state index contributed by atoms with van der Waals surface area (Å²) < 4.78 is 0. The molecule has 0 bridgehead atoms. The lowest BCUT2D eigenvalue weighted by atomic mass is 9.60. The maximum atomic E-state index is 10.1. The Bertz CT molecular complexity index is 683. The fraction of sp³-hybridized carbons (Fsp3) is 0.778. The lowest BCUT2D eigenvalue weighted by Crippen LogP contribution is -2.36. The minimum absolute atomic E-state index is 0.374. The van der Waals surface area contributed by atoms with E-state index in [1.54, 1.807) is 5.57 Å². The van der Waals surface area contributed by atoms with Crippen molar-refractivity contribution in [2.24, 2.45) is 23.2 Å². The van der Waals surface area contributed by atoms with Crippen molar-refractivity contribution >= 4 is 0 Å². The van der Waals surface area contributed by atoms with E-state index in [4.69, 9.17) is 0 Å². The molecule has 30 heavy (non-hydrogen) atoms. The Labute approximate surface area is 184 Å². The number of fused-ring (bicyclic) bond motifs is 1. The molecule has 0 aromatic heterocycles. The third-order valence-corrected chi connectivity index (χ3v) is 8.44. The van der Waals surface area contributed by atoms with Crippen LogP contribution in [0.4, 0.5) is 0 Å². The molecule has 0 aromatic rings. The number of hydrogen-bond donors (Lipinski definition) is 3. The van der Waals surface area contributed by atoms with Crippen LogP contribution in [0.5, 0.6) is 0 Å². The molecule has 3 heteroatoms. The lowest BCUT2D eigenvalue weighted by Gasteiger charge is -2.44. The van der Waals surface area contributed by atoms with Gasteiger partial charge in [-0.05, 0) is 93.1 Å². The quantitative estimate of drug-likeness (QED) is 0.520. The van der Waals surface area contributed by atoms with E-state index >= 15 is 0 Å². The van der Waals surface area contributed by atoms with Crippen LogP contribution < -0.4 is 0 Å². The average Bonchev–Trinajstić information content (AvgIpc) is 3.00. The van der Waals surface area contributed by atoms with E-state index in [1.165, 1.54) is 38.5 Å². The van der Waals surface area contributed by atoms with E-state index in [0.29, 0.717) is 30.1 Å². The molecule has 4 unspecified atom stereocenters. The van der Waals surface area contributed by atoms with Crippen LogP contribution in [0, 0.1) is 23.2 Å². The molecule has 170 valence electrons. The summed E-state index contributed by atoms with van der Waals surface area (Å²) in [5.74, 6) is 2.11. The molecule has 3 aliphatic carbocycles. The number of aliphatic hydroxyl groups is 3. The van der Waals surface area contributed by atoms with Gasteiger partial charge >= 0.3 is 0 Å². The van der Waals surface area contributed by atoms with Gasteiger partial charge in [-0.25, -0.2) is 0 Å². The predicted octanol–water partition coefficient (Wildman–Crippen LogP) is 5.70. The molecular formula is C27H44O3. The first kappa shape index (κ1) is 23.8. The maximum absolute atomic E-state index is 10.1.